The van der Waals surface area contributed by atoms with Gasteiger partial charge in [-0.3, -0.25) is 0 Å². The lowest BCUT2D eigenvalue weighted by atomic mass is 9.98. The van der Waals surface area contributed by atoms with Crippen molar-refractivity contribution in [2.24, 2.45) is 0 Å². The first-order valence-electron chi connectivity index (χ1n) is 5.49. The molecule has 2 rings (SSSR count). The van der Waals surface area contributed by atoms with Crippen molar-refractivity contribution in [1.29, 1.82) is 0 Å². The molecule has 0 aliphatic carbocycles. The fourth-order valence-electron chi connectivity index (χ4n) is 2.18. The quantitative estimate of drug-likeness (QED) is 0.857. The first-order valence-corrected chi connectivity index (χ1v) is 7.15. The van der Waals surface area contributed by atoms with Gasteiger partial charge in [0.25, 0.3) is 0 Å². The number of nitrogens with one attached hydrogen (secondary N) is 1. The Morgan fingerprint density at radius 3 is 2.75 bits per heavy atom. The minimum absolute atomic E-state index is 0.115. The predicted octanol–water partition coefficient (Wildman–Crippen LogP) is 1.86. The number of benzene rings is 1. The van der Waals surface area contributed by atoms with E-state index < -0.39 is 9.84 Å². The second-order valence-corrected chi connectivity index (χ2v) is 6.49. The molecule has 0 saturated carbocycles. The van der Waals surface area contributed by atoms with E-state index in [0.29, 0.717) is 4.90 Å². The Hall–Kier alpha value is -0.870. The Labute approximate surface area is 96.8 Å². The second kappa shape index (κ2) is 3.86. The van der Waals surface area contributed by atoms with Crippen LogP contribution in [0, 0.1) is 0 Å². The van der Waals surface area contributed by atoms with Crippen molar-refractivity contribution < 1.29 is 8.42 Å². The Balaban J connectivity index is 2.53. The second-order valence-electron chi connectivity index (χ2n) is 4.49. The van der Waals surface area contributed by atoms with E-state index in [4.69, 9.17) is 0 Å². The van der Waals surface area contributed by atoms with Crippen LogP contribution < -0.4 is 5.32 Å². The molecule has 1 aliphatic rings. The number of hydrogen-bond donors (Lipinski definition) is 1. The third kappa shape index (κ3) is 1.76. The molecule has 1 heterocycles. The Morgan fingerprint density at radius 2 is 2.12 bits per heavy atom. The summed E-state index contributed by atoms with van der Waals surface area (Å²) in [6.07, 6.45) is 0. The molecular weight excluding hydrogens is 222 g/mol. The van der Waals surface area contributed by atoms with Gasteiger partial charge in [-0.1, -0.05) is 19.1 Å². The summed E-state index contributed by atoms with van der Waals surface area (Å²) in [4.78, 5) is 0.520. The molecule has 16 heavy (non-hydrogen) atoms. The summed E-state index contributed by atoms with van der Waals surface area (Å²) in [5, 5.41) is 3.16. The minimum Gasteiger partial charge on any atom is -0.313 e. The number of fused-ring (bicyclic) bond motifs is 1. The maximum Gasteiger partial charge on any atom is 0.179 e. The van der Waals surface area contributed by atoms with Crippen LogP contribution in [0.25, 0.3) is 0 Å². The maximum absolute atomic E-state index is 11.8. The summed E-state index contributed by atoms with van der Waals surface area (Å²) in [6, 6.07) is 5.92. The highest BCUT2D eigenvalue weighted by Crippen LogP contribution is 2.35. The standard InChI is InChI=1S/C12H17NO2S/c1-8-7-16(14,15)12-5-4-10(6-11(8)12)9(2)13-3/h4-6,8-9,13H,7H2,1-3H3. The molecule has 1 aromatic carbocycles. The van der Waals surface area contributed by atoms with Crippen molar-refractivity contribution in [2.45, 2.75) is 30.7 Å². The number of sulfone groups is 1. The largest absolute Gasteiger partial charge is 0.313 e. The summed E-state index contributed by atoms with van der Waals surface area (Å²) in [7, 11) is -1.12. The van der Waals surface area contributed by atoms with Crippen LogP contribution in [-0.4, -0.2) is 21.2 Å². The molecule has 0 fully saturated rings. The van der Waals surface area contributed by atoms with E-state index in [9.17, 15) is 8.42 Å². The molecule has 0 saturated heterocycles. The van der Waals surface area contributed by atoms with Crippen LogP contribution in [0.15, 0.2) is 23.1 Å². The molecular formula is C12H17NO2S. The zero-order valence-corrected chi connectivity index (χ0v) is 10.6. The monoisotopic (exact) mass is 239 g/mol. The highest BCUT2D eigenvalue weighted by atomic mass is 32.2. The summed E-state index contributed by atoms with van der Waals surface area (Å²) in [6.45, 7) is 4.03. The van der Waals surface area contributed by atoms with Gasteiger partial charge in [0.05, 0.1) is 10.6 Å². The molecule has 0 spiro atoms. The molecule has 1 aromatic rings. The number of hydrogen-bond acceptors (Lipinski definition) is 3. The molecule has 2 atom stereocenters. The van der Waals surface area contributed by atoms with E-state index >= 15 is 0 Å². The third-order valence-electron chi connectivity index (χ3n) is 3.30. The molecule has 0 radical (unpaired) electrons. The molecule has 0 amide bonds. The van der Waals surface area contributed by atoms with E-state index in [2.05, 4.69) is 12.2 Å². The zero-order chi connectivity index (χ0) is 11.9. The first-order chi connectivity index (χ1) is 7.45. The molecule has 0 bridgehead atoms. The molecule has 3 nitrogen and oxygen atoms in total. The SMILES string of the molecule is CNC(C)c1ccc2c(c1)C(C)CS2(=O)=O. The lowest BCUT2D eigenvalue weighted by molar-refractivity contribution is 0.598. The Bertz CT molecular complexity index is 508. The van der Waals surface area contributed by atoms with Gasteiger partial charge in [0.1, 0.15) is 0 Å². The van der Waals surface area contributed by atoms with Gasteiger partial charge in [-0.15, -0.1) is 0 Å². The van der Waals surface area contributed by atoms with E-state index in [0.717, 1.165) is 11.1 Å². The van der Waals surface area contributed by atoms with Crippen molar-refractivity contribution in [2.75, 3.05) is 12.8 Å². The van der Waals surface area contributed by atoms with Gasteiger partial charge in [0, 0.05) is 6.04 Å². The average molecular weight is 239 g/mol. The topological polar surface area (TPSA) is 46.2 Å². The average Bonchev–Trinajstić information content (AvgIpc) is 2.48. The van der Waals surface area contributed by atoms with E-state index in [1.54, 1.807) is 6.07 Å². The number of rotatable bonds is 2. The molecule has 4 heteroatoms. The summed E-state index contributed by atoms with van der Waals surface area (Å²) >= 11 is 0. The van der Waals surface area contributed by atoms with Crippen molar-refractivity contribution in [3.05, 3.63) is 29.3 Å². The van der Waals surface area contributed by atoms with Gasteiger partial charge in [0.15, 0.2) is 9.84 Å². The normalized spacial score (nSPS) is 24.1. The molecule has 2 unspecified atom stereocenters. The molecule has 1 aliphatic heterocycles. The van der Waals surface area contributed by atoms with Gasteiger partial charge in [-0.2, -0.15) is 0 Å². The lowest BCUT2D eigenvalue weighted by Gasteiger charge is -2.12. The van der Waals surface area contributed by atoms with Gasteiger partial charge < -0.3 is 5.32 Å². The highest BCUT2D eigenvalue weighted by molar-refractivity contribution is 7.91. The van der Waals surface area contributed by atoms with E-state index in [-0.39, 0.29) is 17.7 Å². The van der Waals surface area contributed by atoms with Crippen molar-refractivity contribution in [1.82, 2.24) is 5.32 Å². The smallest absolute Gasteiger partial charge is 0.179 e. The highest BCUT2D eigenvalue weighted by Gasteiger charge is 2.32. The Kier molecular flexibility index (Phi) is 2.80. The maximum atomic E-state index is 11.8. The summed E-state index contributed by atoms with van der Waals surface area (Å²) < 4.78 is 23.6. The predicted molar refractivity (Wildman–Crippen MR) is 64.4 cm³/mol. The van der Waals surface area contributed by atoms with Crippen LogP contribution >= 0.6 is 0 Å². The van der Waals surface area contributed by atoms with Gasteiger partial charge in [0.2, 0.25) is 0 Å². The van der Waals surface area contributed by atoms with Crippen molar-refractivity contribution >= 4 is 9.84 Å². The van der Waals surface area contributed by atoms with Crippen molar-refractivity contribution in [3.63, 3.8) is 0 Å². The first kappa shape index (κ1) is 11.6. The fraction of sp³-hybridized carbons (Fsp3) is 0.500. The molecule has 1 N–H and O–H groups in total. The van der Waals surface area contributed by atoms with Crippen LogP contribution in [0.1, 0.15) is 36.9 Å². The fourth-order valence-corrected chi connectivity index (χ4v) is 4.09. The summed E-state index contributed by atoms with van der Waals surface area (Å²) in [5.74, 6) is 0.365. The Morgan fingerprint density at radius 1 is 1.44 bits per heavy atom. The summed E-state index contributed by atoms with van der Waals surface area (Å²) in [5.41, 5.74) is 2.12. The van der Waals surface area contributed by atoms with Gasteiger partial charge >= 0.3 is 0 Å². The third-order valence-corrected chi connectivity index (χ3v) is 5.28. The minimum atomic E-state index is -3.02. The lowest BCUT2D eigenvalue weighted by Crippen LogP contribution is -2.12. The van der Waals surface area contributed by atoms with Crippen LogP contribution in [0.5, 0.6) is 0 Å². The van der Waals surface area contributed by atoms with Crippen LogP contribution in [0.2, 0.25) is 0 Å². The van der Waals surface area contributed by atoms with Crippen LogP contribution in [0.4, 0.5) is 0 Å². The zero-order valence-electron chi connectivity index (χ0n) is 9.82. The van der Waals surface area contributed by atoms with Gasteiger partial charge in [-0.05, 0) is 37.1 Å². The molecule has 0 aromatic heterocycles. The van der Waals surface area contributed by atoms with Gasteiger partial charge in [-0.25, -0.2) is 8.42 Å². The van der Waals surface area contributed by atoms with Crippen molar-refractivity contribution in [3.8, 4) is 0 Å². The van der Waals surface area contributed by atoms with Crippen LogP contribution in [0.3, 0.4) is 0 Å². The van der Waals surface area contributed by atoms with E-state index in [1.807, 2.05) is 26.1 Å². The van der Waals surface area contributed by atoms with Crippen LogP contribution in [-0.2, 0) is 9.84 Å². The molecule has 88 valence electrons. The van der Waals surface area contributed by atoms with E-state index in [1.165, 1.54) is 0 Å².